The molecule has 0 aliphatic carbocycles. The van der Waals surface area contributed by atoms with Crippen molar-refractivity contribution in [2.75, 3.05) is 25.7 Å². The Morgan fingerprint density at radius 3 is 2.94 bits per heavy atom. The first-order valence-corrected chi connectivity index (χ1v) is 7.05. The Hall–Kier alpha value is -1.07. The molecule has 98 valence electrons. The normalized spacial score (nSPS) is 12.9. The number of methoxy groups -OCH3 is 1. The molecule has 2 rings (SSSR count). The van der Waals surface area contributed by atoms with Crippen molar-refractivity contribution >= 4 is 27.4 Å². The molecule has 5 heteroatoms. The average Bonchev–Trinajstić information content (AvgIpc) is 2.76. The molecule has 18 heavy (non-hydrogen) atoms. The smallest absolute Gasteiger partial charge is 0.152 e. The molecule has 0 spiro atoms. The van der Waals surface area contributed by atoms with E-state index in [1.54, 1.807) is 7.11 Å². The van der Waals surface area contributed by atoms with Crippen molar-refractivity contribution in [1.29, 1.82) is 0 Å². The van der Waals surface area contributed by atoms with Gasteiger partial charge in [-0.1, -0.05) is 22.0 Å². The highest BCUT2D eigenvalue weighted by molar-refractivity contribution is 9.08. The second kappa shape index (κ2) is 5.71. The predicted octanol–water partition coefficient (Wildman–Crippen LogP) is 2.70. The topological polar surface area (TPSA) is 29.8 Å². The molecule has 1 atom stereocenters. The van der Waals surface area contributed by atoms with Gasteiger partial charge in [0.15, 0.2) is 5.82 Å². The number of imidazole rings is 1. The first-order valence-electron chi connectivity index (χ1n) is 5.92. The minimum atomic E-state index is 0.290. The number of likely N-dealkylation sites (N-methyl/N-ethyl adjacent to an activating group) is 1. The fourth-order valence-electron chi connectivity index (χ4n) is 2.00. The van der Waals surface area contributed by atoms with Crippen LogP contribution < -0.4 is 4.90 Å². The van der Waals surface area contributed by atoms with E-state index in [1.165, 1.54) is 0 Å². The van der Waals surface area contributed by atoms with Crippen LogP contribution in [0.1, 0.15) is 12.6 Å². The molecule has 2 aromatic heterocycles. The average molecular weight is 312 g/mol. The number of fused-ring (bicyclic) bond motifs is 1. The Bertz CT molecular complexity index is 526. The molecule has 2 heterocycles. The first-order chi connectivity index (χ1) is 8.69. The van der Waals surface area contributed by atoms with Crippen LogP contribution in [-0.2, 0) is 10.1 Å². The van der Waals surface area contributed by atoms with Gasteiger partial charge in [0, 0.05) is 25.7 Å². The van der Waals surface area contributed by atoms with Gasteiger partial charge in [0.2, 0.25) is 0 Å². The number of pyridine rings is 1. The fourth-order valence-corrected chi connectivity index (χ4v) is 2.52. The van der Waals surface area contributed by atoms with Crippen LogP contribution in [0.15, 0.2) is 24.4 Å². The summed E-state index contributed by atoms with van der Waals surface area (Å²) in [7, 11) is 3.77. The summed E-state index contributed by atoms with van der Waals surface area (Å²) < 4.78 is 7.32. The quantitative estimate of drug-likeness (QED) is 0.795. The molecule has 0 fully saturated rings. The molecule has 0 amide bonds. The van der Waals surface area contributed by atoms with Crippen LogP contribution in [0.2, 0.25) is 0 Å². The monoisotopic (exact) mass is 311 g/mol. The van der Waals surface area contributed by atoms with Gasteiger partial charge in [0.1, 0.15) is 5.65 Å². The molecule has 1 unspecified atom stereocenters. The number of hydrogen-bond acceptors (Lipinski definition) is 3. The third kappa shape index (κ3) is 2.37. The van der Waals surface area contributed by atoms with E-state index in [0.29, 0.717) is 6.61 Å². The third-order valence-corrected chi connectivity index (χ3v) is 3.67. The van der Waals surface area contributed by atoms with E-state index >= 15 is 0 Å². The van der Waals surface area contributed by atoms with E-state index in [4.69, 9.17) is 9.72 Å². The maximum atomic E-state index is 5.21. The standard InChI is InChI=1S/C13H18BrN3O/c1-10(9-18-3)16(2)13-11(8-14)17-7-5-4-6-12(17)15-13/h4-7,10H,8-9H2,1-3H3. The summed E-state index contributed by atoms with van der Waals surface area (Å²) in [6, 6.07) is 6.33. The highest BCUT2D eigenvalue weighted by Crippen LogP contribution is 2.24. The number of ether oxygens (including phenoxy) is 1. The van der Waals surface area contributed by atoms with Crippen molar-refractivity contribution in [3.63, 3.8) is 0 Å². The molecule has 0 aliphatic heterocycles. The Labute approximate surface area is 116 Å². The number of alkyl halides is 1. The number of hydrogen-bond donors (Lipinski definition) is 0. The van der Waals surface area contributed by atoms with Gasteiger partial charge in [-0.2, -0.15) is 0 Å². The summed E-state index contributed by atoms with van der Waals surface area (Å²) in [5, 5.41) is 0.775. The zero-order chi connectivity index (χ0) is 13.1. The number of rotatable bonds is 5. The van der Waals surface area contributed by atoms with E-state index in [1.807, 2.05) is 24.4 Å². The molecular formula is C13H18BrN3O. The van der Waals surface area contributed by atoms with Crippen molar-refractivity contribution in [2.45, 2.75) is 18.3 Å². The summed E-state index contributed by atoms with van der Waals surface area (Å²) in [5.74, 6) is 1.00. The fraction of sp³-hybridized carbons (Fsp3) is 0.462. The minimum Gasteiger partial charge on any atom is -0.383 e. The number of anilines is 1. The summed E-state index contributed by atoms with van der Waals surface area (Å²) in [4.78, 5) is 6.85. The molecule has 0 aliphatic rings. The van der Waals surface area contributed by atoms with Crippen molar-refractivity contribution in [2.24, 2.45) is 0 Å². The minimum absolute atomic E-state index is 0.290. The van der Waals surface area contributed by atoms with Gasteiger partial charge in [-0.05, 0) is 19.1 Å². The molecule has 4 nitrogen and oxygen atoms in total. The van der Waals surface area contributed by atoms with Crippen LogP contribution in [-0.4, -0.2) is 36.2 Å². The molecule has 0 radical (unpaired) electrons. The summed E-state index contributed by atoms with van der Waals surface area (Å²) >= 11 is 3.55. The lowest BCUT2D eigenvalue weighted by Gasteiger charge is -2.25. The first kappa shape index (κ1) is 13.4. The zero-order valence-corrected chi connectivity index (χ0v) is 12.5. The lowest BCUT2D eigenvalue weighted by Crippen LogP contribution is -2.33. The predicted molar refractivity (Wildman–Crippen MR) is 77.6 cm³/mol. The SMILES string of the molecule is COCC(C)N(C)c1nc2ccccn2c1CBr. The maximum Gasteiger partial charge on any atom is 0.152 e. The van der Waals surface area contributed by atoms with Crippen LogP contribution in [0.25, 0.3) is 5.65 Å². The van der Waals surface area contributed by atoms with E-state index in [2.05, 4.69) is 39.2 Å². The van der Waals surface area contributed by atoms with Crippen LogP contribution in [0.4, 0.5) is 5.82 Å². The second-order valence-corrected chi connectivity index (χ2v) is 4.92. The van der Waals surface area contributed by atoms with Gasteiger partial charge >= 0.3 is 0 Å². The van der Waals surface area contributed by atoms with E-state index in [-0.39, 0.29) is 6.04 Å². The largest absolute Gasteiger partial charge is 0.383 e. The van der Waals surface area contributed by atoms with Gasteiger partial charge in [-0.25, -0.2) is 4.98 Å². The zero-order valence-electron chi connectivity index (χ0n) is 10.9. The molecular weight excluding hydrogens is 294 g/mol. The summed E-state index contributed by atoms with van der Waals surface area (Å²) in [6.07, 6.45) is 2.04. The van der Waals surface area contributed by atoms with Gasteiger partial charge < -0.3 is 14.0 Å². The lowest BCUT2D eigenvalue weighted by atomic mass is 10.3. The molecule has 0 bridgehead atoms. The Balaban J connectivity index is 2.43. The lowest BCUT2D eigenvalue weighted by molar-refractivity contribution is 0.183. The molecule has 2 aromatic rings. The summed E-state index contributed by atoms with van der Waals surface area (Å²) in [6.45, 7) is 2.82. The number of halogens is 1. The van der Waals surface area contributed by atoms with Crippen molar-refractivity contribution in [3.05, 3.63) is 30.1 Å². The Morgan fingerprint density at radius 1 is 1.50 bits per heavy atom. The molecule has 0 saturated carbocycles. The molecule has 0 N–H and O–H groups in total. The number of aromatic nitrogens is 2. The Kier molecular flexibility index (Phi) is 4.24. The maximum absolute atomic E-state index is 5.21. The van der Waals surface area contributed by atoms with Crippen molar-refractivity contribution < 1.29 is 4.74 Å². The van der Waals surface area contributed by atoms with Gasteiger partial charge in [-0.3, -0.25) is 0 Å². The van der Waals surface area contributed by atoms with Crippen molar-refractivity contribution in [1.82, 2.24) is 9.38 Å². The number of nitrogens with zero attached hydrogens (tertiary/aromatic N) is 3. The van der Waals surface area contributed by atoms with Gasteiger partial charge in [-0.15, -0.1) is 0 Å². The van der Waals surface area contributed by atoms with Crippen LogP contribution in [0, 0.1) is 0 Å². The summed E-state index contributed by atoms with van der Waals surface area (Å²) in [5.41, 5.74) is 2.13. The van der Waals surface area contributed by atoms with Crippen molar-refractivity contribution in [3.8, 4) is 0 Å². The van der Waals surface area contributed by atoms with Crippen LogP contribution in [0.5, 0.6) is 0 Å². The van der Waals surface area contributed by atoms with Crippen LogP contribution >= 0.6 is 15.9 Å². The second-order valence-electron chi connectivity index (χ2n) is 4.36. The highest BCUT2D eigenvalue weighted by atomic mass is 79.9. The third-order valence-electron chi connectivity index (χ3n) is 3.14. The highest BCUT2D eigenvalue weighted by Gasteiger charge is 2.18. The van der Waals surface area contributed by atoms with Crippen LogP contribution in [0.3, 0.4) is 0 Å². The van der Waals surface area contributed by atoms with E-state index in [9.17, 15) is 0 Å². The van der Waals surface area contributed by atoms with E-state index < -0.39 is 0 Å². The van der Waals surface area contributed by atoms with Gasteiger partial charge in [0.25, 0.3) is 0 Å². The molecule has 0 saturated heterocycles. The van der Waals surface area contributed by atoms with Gasteiger partial charge in [0.05, 0.1) is 18.3 Å². The molecule has 0 aromatic carbocycles. The Morgan fingerprint density at radius 2 is 2.28 bits per heavy atom. The van der Waals surface area contributed by atoms with E-state index in [0.717, 1.165) is 22.5 Å².